The molecule has 0 fully saturated rings. The van der Waals surface area contributed by atoms with Crippen LogP contribution in [0.1, 0.15) is 16.1 Å². The SMILES string of the molecule is O=C1OCn2c1c(/N=C(\Cl)c1ccccc1)c1ccc(Cl)cc12. The zero-order valence-corrected chi connectivity index (χ0v) is 13.3. The maximum absolute atomic E-state index is 12.1. The summed E-state index contributed by atoms with van der Waals surface area (Å²) in [7, 11) is 0. The first-order chi connectivity index (χ1) is 11.1. The first-order valence-corrected chi connectivity index (χ1v) is 7.69. The lowest BCUT2D eigenvalue weighted by Gasteiger charge is -2.00. The molecule has 2 aromatic carbocycles. The number of aliphatic imine (C=N–C) groups is 1. The third-order valence-corrected chi connectivity index (χ3v) is 4.28. The van der Waals surface area contributed by atoms with Gasteiger partial charge in [-0.25, -0.2) is 9.79 Å². The predicted molar refractivity (Wildman–Crippen MR) is 90.9 cm³/mol. The van der Waals surface area contributed by atoms with Gasteiger partial charge in [0.15, 0.2) is 12.4 Å². The standard InChI is InChI=1S/C17H10Cl2N2O2/c18-11-6-7-12-13(8-11)21-9-23-17(22)15(21)14(12)20-16(19)10-4-2-1-3-5-10/h1-8H,9H2/b20-16-. The van der Waals surface area contributed by atoms with Crippen LogP contribution in [0.4, 0.5) is 5.69 Å². The van der Waals surface area contributed by atoms with E-state index in [2.05, 4.69) is 4.99 Å². The Morgan fingerprint density at radius 3 is 2.74 bits per heavy atom. The number of hydrogen-bond donors (Lipinski definition) is 0. The van der Waals surface area contributed by atoms with Crippen LogP contribution >= 0.6 is 23.2 Å². The highest BCUT2D eigenvalue weighted by Gasteiger charge is 2.29. The van der Waals surface area contributed by atoms with Crippen LogP contribution in [0.3, 0.4) is 0 Å². The number of ether oxygens (including phenoxy) is 1. The van der Waals surface area contributed by atoms with Crippen LogP contribution in [0, 0.1) is 0 Å². The molecule has 0 bridgehead atoms. The van der Waals surface area contributed by atoms with Gasteiger partial charge in [-0.3, -0.25) is 4.57 Å². The number of carbonyl (C=O) groups is 1. The van der Waals surface area contributed by atoms with Gasteiger partial charge in [0, 0.05) is 16.0 Å². The van der Waals surface area contributed by atoms with Crippen LogP contribution in [-0.2, 0) is 11.5 Å². The highest BCUT2D eigenvalue weighted by Crippen LogP contribution is 2.38. The average molecular weight is 345 g/mol. The average Bonchev–Trinajstić information content (AvgIpc) is 3.08. The molecule has 0 N–H and O–H groups in total. The van der Waals surface area contributed by atoms with Gasteiger partial charge in [-0.1, -0.05) is 53.5 Å². The number of aromatic nitrogens is 1. The molecule has 4 nitrogen and oxygen atoms in total. The minimum absolute atomic E-state index is 0.156. The molecule has 1 aliphatic heterocycles. The molecule has 6 heteroatoms. The summed E-state index contributed by atoms with van der Waals surface area (Å²) in [5, 5.41) is 1.72. The van der Waals surface area contributed by atoms with Gasteiger partial charge in [-0.05, 0) is 18.2 Å². The second kappa shape index (κ2) is 5.41. The molecule has 0 saturated heterocycles. The lowest BCUT2D eigenvalue weighted by molar-refractivity contribution is 0.0499. The minimum Gasteiger partial charge on any atom is -0.439 e. The largest absolute Gasteiger partial charge is 0.439 e. The fourth-order valence-corrected chi connectivity index (χ4v) is 3.07. The van der Waals surface area contributed by atoms with Crippen LogP contribution in [0.2, 0.25) is 5.02 Å². The maximum Gasteiger partial charge on any atom is 0.359 e. The predicted octanol–water partition coefficient (Wildman–Crippen LogP) is 4.74. The van der Waals surface area contributed by atoms with E-state index < -0.39 is 5.97 Å². The smallest absolute Gasteiger partial charge is 0.359 e. The number of esters is 1. The first kappa shape index (κ1) is 14.3. The van der Waals surface area contributed by atoms with Crippen molar-refractivity contribution in [2.45, 2.75) is 6.73 Å². The number of nitrogens with zero attached hydrogens (tertiary/aromatic N) is 2. The molecule has 114 valence electrons. The molecule has 0 unspecified atom stereocenters. The number of rotatable bonds is 2. The van der Waals surface area contributed by atoms with Crippen LogP contribution < -0.4 is 0 Å². The molecule has 0 spiro atoms. The van der Waals surface area contributed by atoms with Gasteiger partial charge in [0.1, 0.15) is 10.9 Å². The van der Waals surface area contributed by atoms with E-state index >= 15 is 0 Å². The number of fused-ring (bicyclic) bond motifs is 3. The highest BCUT2D eigenvalue weighted by molar-refractivity contribution is 6.70. The molecular weight excluding hydrogens is 335 g/mol. The zero-order valence-electron chi connectivity index (χ0n) is 11.8. The Morgan fingerprint density at radius 2 is 1.96 bits per heavy atom. The van der Waals surface area contributed by atoms with Gasteiger partial charge >= 0.3 is 5.97 Å². The van der Waals surface area contributed by atoms with Crippen molar-refractivity contribution in [3.63, 3.8) is 0 Å². The maximum atomic E-state index is 12.1. The van der Waals surface area contributed by atoms with Crippen molar-refractivity contribution in [2.75, 3.05) is 0 Å². The quantitative estimate of drug-likeness (QED) is 0.497. The van der Waals surface area contributed by atoms with Gasteiger partial charge in [-0.2, -0.15) is 0 Å². The van der Waals surface area contributed by atoms with E-state index in [1.54, 1.807) is 16.7 Å². The van der Waals surface area contributed by atoms with E-state index in [1.807, 2.05) is 36.4 Å². The Labute approximate surface area is 141 Å². The Kier molecular flexibility index (Phi) is 3.36. The molecule has 0 radical (unpaired) electrons. The molecule has 0 atom stereocenters. The van der Waals surface area contributed by atoms with E-state index in [4.69, 9.17) is 27.9 Å². The fourth-order valence-electron chi connectivity index (χ4n) is 2.69. The van der Waals surface area contributed by atoms with E-state index in [-0.39, 0.29) is 6.73 Å². The van der Waals surface area contributed by atoms with E-state index in [1.165, 1.54) is 0 Å². The lowest BCUT2D eigenvalue weighted by atomic mass is 10.2. The molecular formula is C17H10Cl2N2O2. The lowest BCUT2D eigenvalue weighted by Crippen LogP contribution is -1.95. The van der Waals surface area contributed by atoms with Crippen molar-refractivity contribution in [1.29, 1.82) is 0 Å². The third-order valence-electron chi connectivity index (χ3n) is 3.74. The van der Waals surface area contributed by atoms with Gasteiger partial charge in [0.2, 0.25) is 0 Å². The Balaban J connectivity index is 1.97. The van der Waals surface area contributed by atoms with Gasteiger partial charge in [0.05, 0.1) is 5.52 Å². The molecule has 1 aliphatic rings. The van der Waals surface area contributed by atoms with Gasteiger partial charge in [0.25, 0.3) is 0 Å². The zero-order chi connectivity index (χ0) is 16.0. The van der Waals surface area contributed by atoms with Gasteiger partial charge < -0.3 is 4.74 Å². The number of cyclic esters (lactones) is 1. The second-order valence-electron chi connectivity index (χ2n) is 5.12. The number of halogens is 2. The van der Waals surface area contributed by atoms with Gasteiger partial charge in [-0.15, -0.1) is 0 Å². The number of carbonyl (C=O) groups excluding carboxylic acids is 1. The summed E-state index contributed by atoms with van der Waals surface area (Å²) in [6.07, 6.45) is 0. The fraction of sp³-hybridized carbons (Fsp3) is 0.0588. The van der Waals surface area contributed by atoms with Crippen LogP contribution in [-0.4, -0.2) is 15.7 Å². The summed E-state index contributed by atoms with van der Waals surface area (Å²) in [5.41, 5.74) is 2.49. The summed E-state index contributed by atoms with van der Waals surface area (Å²) >= 11 is 12.4. The summed E-state index contributed by atoms with van der Waals surface area (Å²) < 4.78 is 6.87. The third kappa shape index (κ3) is 2.31. The molecule has 0 aliphatic carbocycles. The Morgan fingerprint density at radius 1 is 1.17 bits per heavy atom. The van der Waals surface area contributed by atoms with Crippen molar-refractivity contribution in [1.82, 2.24) is 4.57 Å². The number of benzene rings is 2. The first-order valence-electron chi connectivity index (χ1n) is 6.93. The molecule has 0 saturated carbocycles. The molecule has 23 heavy (non-hydrogen) atoms. The van der Waals surface area contributed by atoms with Crippen LogP contribution in [0.25, 0.3) is 10.9 Å². The van der Waals surface area contributed by atoms with Crippen molar-refractivity contribution in [3.8, 4) is 0 Å². The molecule has 1 aromatic heterocycles. The Hall–Kier alpha value is -2.30. The van der Waals surface area contributed by atoms with Crippen LogP contribution in [0.5, 0.6) is 0 Å². The molecule has 3 aromatic rings. The van der Waals surface area contributed by atoms with Crippen molar-refractivity contribution >= 4 is 50.9 Å². The Bertz CT molecular complexity index is 962. The van der Waals surface area contributed by atoms with E-state index in [9.17, 15) is 4.79 Å². The monoisotopic (exact) mass is 344 g/mol. The second-order valence-corrected chi connectivity index (χ2v) is 5.91. The topological polar surface area (TPSA) is 43.6 Å². The van der Waals surface area contributed by atoms with E-state index in [0.717, 1.165) is 16.5 Å². The number of hydrogen-bond acceptors (Lipinski definition) is 3. The summed E-state index contributed by atoms with van der Waals surface area (Å²) in [4.78, 5) is 16.6. The summed E-state index contributed by atoms with van der Waals surface area (Å²) in [6, 6.07) is 14.8. The van der Waals surface area contributed by atoms with Crippen molar-refractivity contribution < 1.29 is 9.53 Å². The highest BCUT2D eigenvalue weighted by atomic mass is 35.5. The van der Waals surface area contributed by atoms with E-state index in [0.29, 0.717) is 21.6 Å². The van der Waals surface area contributed by atoms with Crippen molar-refractivity contribution in [3.05, 3.63) is 64.8 Å². The van der Waals surface area contributed by atoms with Crippen molar-refractivity contribution in [2.24, 2.45) is 4.99 Å². The minimum atomic E-state index is -0.409. The molecule has 4 rings (SSSR count). The normalized spacial score (nSPS) is 14.2. The summed E-state index contributed by atoms with van der Waals surface area (Å²) in [5.74, 6) is -0.409. The van der Waals surface area contributed by atoms with Crippen LogP contribution in [0.15, 0.2) is 53.5 Å². The molecule has 0 amide bonds. The summed E-state index contributed by atoms with van der Waals surface area (Å²) in [6.45, 7) is 0.156. The molecule has 2 heterocycles.